The highest BCUT2D eigenvalue weighted by molar-refractivity contribution is 8.13. The van der Waals surface area contributed by atoms with Crippen LogP contribution in [-0.2, 0) is 9.05 Å². The van der Waals surface area contributed by atoms with Crippen molar-refractivity contribution in [3.63, 3.8) is 0 Å². The number of halogens is 1. The lowest BCUT2D eigenvalue weighted by atomic mass is 10.3. The molecule has 0 unspecified atom stereocenters. The number of rotatable bonds is 3. The molecule has 0 aliphatic carbocycles. The van der Waals surface area contributed by atoms with Gasteiger partial charge in [-0.2, -0.15) is 0 Å². The third kappa shape index (κ3) is 3.94. The monoisotopic (exact) mass is 311 g/mol. The molecule has 1 aromatic carbocycles. The van der Waals surface area contributed by atoms with Crippen LogP contribution in [0.3, 0.4) is 0 Å². The summed E-state index contributed by atoms with van der Waals surface area (Å²) in [5.41, 5.74) is 0.986. The van der Waals surface area contributed by atoms with Gasteiger partial charge in [-0.3, -0.25) is 4.98 Å². The molecule has 0 bridgehead atoms. The molecule has 0 radical (unpaired) electrons. The first kappa shape index (κ1) is 14.3. The standard InChI is InChI=1S/C12H10ClN3O3S/c13-20(18,19)11-5-3-9(4-6-11)15-12(17)16-10-2-1-7-14-8-10/h1-8H,(H2,15,16,17). The van der Waals surface area contributed by atoms with Crippen molar-refractivity contribution in [2.45, 2.75) is 4.90 Å². The van der Waals surface area contributed by atoms with Crippen molar-refractivity contribution in [1.82, 2.24) is 4.98 Å². The van der Waals surface area contributed by atoms with Crippen LogP contribution in [0.2, 0.25) is 0 Å². The summed E-state index contributed by atoms with van der Waals surface area (Å²) in [6, 6.07) is 8.42. The number of hydrogen-bond donors (Lipinski definition) is 2. The van der Waals surface area contributed by atoms with Crippen molar-refractivity contribution in [3.05, 3.63) is 48.8 Å². The molecule has 0 spiro atoms. The van der Waals surface area contributed by atoms with Crippen molar-refractivity contribution < 1.29 is 13.2 Å². The number of nitrogens with zero attached hydrogens (tertiary/aromatic N) is 1. The second-order valence-corrected chi connectivity index (χ2v) is 6.35. The van der Waals surface area contributed by atoms with Crippen LogP contribution >= 0.6 is 10.7 Å². The number of anilines is 2. The van der Waals surface area contributed by atoms with E-state index >= 15 is 0 Å². The summed E-state index contributed by atoms with van der Waals surface area (Å²) >= 11 is 0. The number of benzene rings is 1. The molecule has 0 saturated heterocycles. The van der Waals surface area contributed by atoms with Gasteiger partial charge in [-0.05, 0) is 36.4 Å². The zero-order chi connectivity index (χ0) is 14.6. The van der Waals surface area contributed by atoms with E-state index in [4.69, 9.17) is 10.7 Å². The van der Waals surface area contributed by atoms with E-state index in [1.54, 1.807) is 18.3 Å². The highest BCUT2D eigenvalue weighted by Crippen LogP contribution is 2.17. The van der Waals surface area contributed by atoms with Crippen LogP contribution in [0.25, 0.3) is 0 Å². The minimum absolute atomic E-state index is 0.0302. The van der Waals surface area contributed by atoms with Crippen LogP contribution in [0.15, 0.2) is 53.7 Å². The molecule has 2 rings (SSSR count). The van der Waals surface area contributed by atoms with Crippen LogP contribution in [0.1, 0.15) is 0 Å². The lowest BCUT2D eigenvalue weighted by molar-refractivity contribution is 0.262. The fraction of sp³-hybridized carbons (Fsp3) is 0. The molecular weight excluding hydrogens is 302 g/mol. The highest BCUT2D eigenvalue weighted by Gasteiger charge is 2.09. The van der Waals surface area contributed by atoms with Gasteiger partial charge in [0.05, 0.1) is 16.8 Å². The molecule has 20 heavy (non-hydrogen) atoms. The summed E-state index contributed by atoms with van der Waals surface area (Å²) in [6.07, 6.45) is 3.09. The molecular formula is C12H10ClN3O3S. The Morgan fingerprint density at radius 2 is 1.70 bits per heavy atom. The molecule has 104 valence electrons. The summed E-state index contributed by atoms with van der Waals surface area (Å²) in [7, 11) is 1.43. The highest BCUT2D eigenvalue weighted by atomic mass is 35.7. The Labute approximate surface area is 120 Å². The van der Waals surface area contributed by atoms with Gasteiger partial charge in [0, 0.05) is 22.6 Å². The SMILES string of the molecule is O=C(Nc1ccc(S(=O)(=O)Cl)cc1)Nc1cccnc1. The predicted octanol–water partition coefficient (Wildman–Crippen LogP) is 2.65. The number of amides is 2. The van der Waals surface area contributed by atoms with Crippen LogP contribution in [0.4, 0.5) is 16.2 Å². The molecule has 0 aliphatic rings. The zero-order valence-electron chi connectivity index (χ0n) is 10.1. The van der Waals surface area contributed by atoms with Crippen molar-refractivity contribution in [2.75, 3.05) is 10.6 Å². The lowest BCUT2D eigenvalue weighted by Gasteiger charge is -2.07. The third-order valence-electron chi connectivity index (χ3n) is 2.31. The number of aromatic nitrogens is 1. The molecule has 2 aromatic rings. The van der Waals surface area contributed by atoms with E-state index in [9.17, 15) is 13.2 Å². The van der Waals surface area contributed by atoms with Gasteiger partial charge in [-0.25, -0.2) is 13.2 Å². The molecule has 6 nitrogen and oxygen atoms in total. The number of pyridine rings is 1. The first-order valence-corrected chi connectivity index (χ1v) is 7.79. The van der Waals surface area contributed by atoms with Crippen LogP contribution in [-0.4, -0.2) is 19.4 Å². The first-order chi connectivity index (χ1) is 9.45. The Kier molecular flexibility index (Phi) is 4.21. The Morgan fingerprint density at radius 1 is 1.05 bits per heavy atom. The van der Waals surface area contributed by atoms with Crippen molar-refractivity contribution in [3.8, 4) is 0 Å². The van der Waals surface area contributed by atoms with Gasteiger partial charge in [0.15, 0.2) is 0 Å². The maximum absolute atomic E-state index is 11.7. The van der Waals surface area contributed by atoms with E-state index in [0.717, 1.165) is 0 Å². The van der Waals surface area contributed by atoms with Gasteiger partial charge in [-0.1, -0.05) is 0 Å². The second kappa shape index (κ2) is 5.89. The quantitative estimate of drug-likeness (QED) is 0.853. The molecule has 0 fully saturated rings. The van der Waals surface area contributed by atoms with Crippen molar-refractivity contribution in [1.29, 1.82) is 0 Å². The minimum Gasteiger partial charge on any atom is -0.308 e. The molecule has 8 heteroatoms. The first-order valence-electron chi connectivity index (χ1n) is 5.48. The van der Waals surface area contributed by atoms with Gasteiger partial charge in [0.2, 0.25) is 0 Å². The van der Waals surface area contributed by atoms with Gasteiger partial charge < -0.3 is 10.6 Å². The molecule has 2 N–H and O–H groups in total. The van der Waals surface area contributed by atoms with E-state index in [2.05, 4.69) is 15.6 Å². The Bertz CT molecular complexity index is 702. The number of carbonyl (C=O) groups excluding carboxylic acids is 1. The van der Waals surface area contributed by atoms with Gasteiger partial charge in [0.1, 0.15) is 0 Å². The fourth-order valence-corrected chi connectivity index (χ4v) is 2.20. The number of nitrogens with one attached hydrogen (secondary N) is 2. The molecule has 1 aromatic heterocycles. The van der Waals surface area contributed by atoms with Crippen LogP contribution < -0.4 is 10.6 Å². The van der Waals surface area contributed by atoms with Crippen LogP contribution in [0, 0.1) is 0 Å². The van der Waals surface area contributed by atoms with E-state index in [-0.39, 0.29) is 4.90 Å². The van der Waals surface area contributed by atoms with Gasteiger partial charge in [-0.15, -0.1) is 0 Å². The Morgan fingerprint density at radius 3 is 2.25 bits per heavy atom. The minimum atomic E-state index is -3.76. The Balaban J connectivity index is 2.02. The summed E-state index contributed by atoms with van der Waals surface area (Å²) < 4.78 is 22.1. The topological polar surface area (TPSA) is 88.2 Å². The lowest BCUT2D eigenvalue weighted by Crippen LogP contribution is -2.19. The summed E-state index contributed by atoms with van der Waals surface area (Å²) in [4.78, 5) is 15.5. The van der Waals surface area contributed by atoms with Gasteiger partial charge >= 0.3 is 6.03 Å². The third-order valence-corrected chi connectivity index (χ3v) is 3.68. The van der Waals surface area contributed by atoms with Crippen molar-refractivity contribution >= 4 is 37.1 Å². The van der Waals surface area contributed by atoms with E-state index in [1.165, 1.54) is 30.5 Å². The van der Waals surface area contributed by atoms with E-state index in [0.29, 0.717) is 11.4 Å². The average molecular weight is 312 g/mol. The van der Waals surface area contributed by atoms with E-state index < -0.39 is 15.1 Å². The number of hydrogen-bond acceptors (Lipinski definition) is 4. The summed E-state index contributed by atoms with van der Waals surface area (Å²) in [5.74, 6) is 0. The Hall–Kier alpha value is -2.12. The predicted molar refractivity (Wildman–Crippen MR) is 76.4 cm³/mol. The number of carbonyl (C=O) groups is 1. The smallest absolute Gasteiger partial charge is 0.308 e. The maximum Gasteiger partial charge on any atom is 0.323 e. The van der Waals surface area contributed by atoms with Gasteiger partial charge in [0.25, 0.3) is 9.05 Å². The largest absolute Gasteiger partial charge is 0.323 e. The molecule has 0 atom stereocenters. The zero-order valence-corrected chi connectivity index (χ0v) is 11.6. The molecule has 1 heterocycles. The summed E-state index contributed by atoms with van der Waals surface area (Å²) in [5, 5.41) is 5.13. The maximum atomic E-state index is 11.7. The van der Waals surface area contributed by atoms with Crippen molar-refractivity contribution in [2.24, 2.45) is 0 Å². The van der Waals surface area contributed by atoms with Crippen LogP contribution in [0.5, 0.6) is 0 Å². The average Bonchev–Trinajstić information content (AvgIpc) is 2.39. The fourth-order valence-electron chi connectivity index (χ4n) is 1.43. The van der Waals surface area contributed by atoms with E-state index in [1.807, 2.05) is 0 Å². The number of urea groups is 1. The molecule has 0 aliphatic heterocycles. The molecule has 0 saturated carbocycles. The normalized spacial score (nSPS) is 10.8. The summed E-state index contributed by atoms with van der Waals surface area (Å²) in [6.45, 7) is 0. The second-order valence-electron chi connectivity index (χ2n) is 3.78. The molecule has 2 amide bonds.